The topological polar surface area (TPSA) is 41.5 Å². The van der Waals surface area contributed by atoms with Crippen molar-refractivity contribution in [2.45, 2.75) is 6.61 Å². The summed E-state index contributed by atoms with van der Waals surface area (Å²) >= 11 is 0. The van der Waals surface area contributed by atoms with E-state index in [1.165, 1.54) is 0 Å². The lowest BCUT2D eigenvalue weighted by Crippen LogP contribution is -1.95. The largest absolute Gasteiger partial charge is 0.392 e. The minimum Gasteiger partial charge on any atom is -0.392 e. The maximum absolute atomic E-state index is 8.76. The monoisotopic (exact) mass is 153 g/mol. The van der Waals surface area contributed by atoms with Gasteiger partial charge in [-0.2, -0.15) is 0 Å². The maximum Gasteiger partial charge on any atom is 0.0682 e. The predicted molar refractivity (Wildman–Crippen MR) is 43.0 cm³/mol. The van der Waals surface area contributed by atoms with Crippen LogP contribution in [0.25, 0.3) is 0 Å². The number of hydrogen-bond acceptors (Lipinski definition) is 3. The molecular weight excluding hydrogens is 142 g/mol. The Kier molecular flexibility index (Phi) is 2.89. The summed E-state index contributed by atoms with van der Waals surface area (Å²) < 4.78 is 0. The fraction of sp³-hybridized carbons (Fsp3) is 0.250. The van der Waals surface area contributed by atoms with Crippen molar-refractivity contribution in [2.75, 3.05) is 12.6 Å². The van der Waals surface area contributed by atoms with E-state index in [4.69, 9.17) is 9.94 Å². The van der Waals surface area contributed by atoms with Crippen LogP contribution in [-0.4, -0.2) is 12.2 Å². The second kappa shape index (κ2) is 3.95. The van der Waals surface area contributed by atoms with Crippen molar-refractivity contribution < 1.29 is 9.94 Å². The molecule has 0 aliphatic carbocycles. The Morgan fingerprint density at radius 3 is 3.00 bits per heavy atom. The Labute approximate surface area is 65.6 Å². The summed E-state index contributed by atoms with van der Waals surface area (Å²) in [6.07, 6.45) is 0. The van der Waals surface area contributed by atoms with Gasteiger partial charge in [-0.3, -0.25) is 10.3 Å². The molecule has 0 fully saturated rings. The standard InChI is InChI=1S/C8H11NO2/c1-11-9-8-4-2-3-7(5-8)6-10/h2-5,9-10H,6H2,1H3. The number of benzene rings is 1. The van der Waals surface area contributed by atoms with E-state index in [0.717, 1.165) is 11.3 Å². The number of hydrogen-bond donors (Lipinski definition) is 2. The summed E-state index contributed by atoms with van der Waals surface area (Å²) in [6, 6.07) is 7.39. The molecule has 2 N–H and O–H groups in total. The van der Waals surface area contributed by atoms with Crippen LogP contribution in [0.5, 0.6) is 0 Å². The molecule has 3 heteroatoms. The Morgan fingerprint density at radius 1 is 1.55 bits per heavy atom. The highest BCUT2D eigenvalue weighted by Gasteiger charge is 1.91. The van der Waals surface area contributed by atoms with E-state index in [9.17, 15) is 0 Å². The van der Waals surface area contributed by atoms with Gasteiger partial charge in [0.15, 0.2) is 0 Å². The highest BCUT2D eigenvalue weighted by Crippen LogP contribution is 2.09. The third kappa shape index (κ3) is 2.22. The average molecular weight is 153 g/mol. The van der Waals surface area contributed by atoms with Gasteiger partial charge in [0.2, 0.25) is 0 Å². The van der Waals surface area contributed by atoms with Gasteiger partial charge in [0.25, 0.3) is 0 Å². The van der Waals surface area contributed by atoms with Crippen LogP contribution in [0.3, 0.4) is 0 Å². The van der Waals surface area contributed by atoms with Crippen molar-refractivity contribution in [3.05, 3.63) is 29.8 Å². The maximum atomic E-state index is 8.76. The van der Waals surface area contributed by atoms with E-state index in [1.807, 2.05) is 24.3 Å². The van der Waals surface area contributed by atoms with Gasteiger partial charge in [-0.05, 0) is 17.7 Å². The molecule has 0 bridgehead atoms. The lowest BCUT2D eigenvalue weighted by molar-refractivity contribution is 0.269. The predicted octanol–water partition coefficient (Wildman–Crippen LogP) is 1.15. The highest BCUT2D eigenvalue weighted by atomic mass is 16.6. The minimum atomic E-state index is 0.0548. The molecule has 0 saturated heterocycles. The van der Waals surface area contributed by atoms with Gasteiger partial charge in [-0.25, -0.2) is 0 Å². The van der Waals surface area contributed by atoms with Crippen LogP contribution in [0.15, 0.2) is 24.3 Å². The first-order valence-electron chi connectivity index (χ1n) is 3.35. The molecular formula is C8H11NO2. The molecule has 0 aromatic heterocycles. The van der Waals surface area contributed by atoms with Crippen LogP contribution in [0, 0.1) is 0 Å². The number of rotatable bonds is 3. The normalized spacial score (nSPS) is 9.64. The summed E-state index contributed by atoms with van der Waals surface area (Å²) in [6.45, 7) is 0.0548. The van der Waals surface area contributed by atoms with Gasteiger partial charge in [0.1, 0.15) is 0 Å². The summed E-state index contributed by atoms with van der Waals surface area (Å²) in [4.78, 5) is 4.70. The Balaban J connectivity index is 2.74. The highest BCUT2D eigenvalue weighted by molar-refractivity contribution is 5.43. The van der Waals surface area contributed by atoms with Crippen molar-refractivity contribution in [1.29, 1.82) is 0 Å². The van der Waals surface area contributed by atoms with Crippen LogP contribution in [0.2, 0.25) is 0 Å². The fourth-order valence-corrected chi connectivity index (χ4v) is 0.851. The average Bonchev–Trinajstić information content (AvgIpc) is 2.06. The van der Waals surface area contributed by atoms with Gasteiger partial charge in [-0.15, -0.1) is 0 Å². The van der Waals surface area contributed by atoms with Crippen molar-refractivity contribution >= 4 is 5.69 Å². The SMILES string of the molecule is CONc1cccc(CO)c1. The Morgan fingerprint density at radius 2 is 2.36 bits per heavy atom. The molecule has 0 atom stereocenters. The summed E-state index contributed by atoms with van der Waals surface area (Å²) in [7, 11) is 1.55. The van der Waals surface area contributed by atoms with Crippen molar-refractivity contribution in [3.63, 3.8) is 0 Å². The third-order valence-corrected chi connectivity index (χ3v) is 1.33. The first kappa shape index (κ1) is 8.04. The van der Waals surface area contributed by atoms with Gasteiger partial charge in [0, 0.05) is 0 Å². The zero-order chi connectivity index (χ0) is 8.10. The van der Waals surface area contributed by atoms with E-state index < -0.39 is 0 Å². The molecule has 1 aromatic rings. The molecule has 0 aliphatic rings. The van der Waals surface area contributed by atoms with E-state index >= 15 is 0 Å². The summed E-state index contributed by atoms with van der Waals surface area (Å²) in [5.41, 5.74) is 4.39. The van der Waals surface area contributed by atoms with Crippen LogP contribution < -0.4 is 5.48 Å². The lowest BCUT2D eigenvalue weighted by Gasteiger charge is -2.03. The number of aliphatic hydroxyl groups is 1. The van der Waals surface area contributed by atoms with Crippen LogP contribution >= 0.6 is 0 Å². The van der Waals surface area contributed by atoms with Crippen LogP contribution in [0.1, 0.15) is 5.56 Å². The molecule has 0 amide bonds. The minimum absolute atomic E-state index is 0.0548. The molecule has 0 heterocycles. The second-order valence-corrected chi connectivity index (χ2v) is 2.16. The van der Waals surface area contributed by atoms with E-state index in [2.05, 4.69) is 5.48 Å². The zero-order valence-corrected chi connectivity index (χ0v) is 6.37. The Bertz CT molecular complexity index is 225. The van der Waals surface area contributed by atoms with E-state index in [0.29, 0.717) is 0 Å². The number of aliphatic hydroxyl groups excluding tert-OH is 1. The van der Waals surface area contributed by atoms with Crippen LogP contribution in [0.4, 0.5) is 5.69 Å². The number of anilines is 1. The van der Waals surface area contributed by atoms with Crippen molar-refractivity contribution in [2.24, 2.45) is 0 Å². The van der Waals surface area contributed by atoms with Gasteiger partial charge < -0.3 is 5.11 Å². The molecule has 11 heavy (non-hydrogen) atoms. The van der Waals surface area contributed by atoms with Gasteiger partial charge in [0.05, 0.1) is 19.4 Å². The summed E-state index contributed by atoms with van der Waals surface area (Å²) in [5, 5.41) is 8.76. The smallest absolute Gasteiger partial charge is 0.0682 e. The van der Waals surface area contributed by atoms with Crippen LogP contribution in [-0.2, 0) is 11.4 Å². The molecule has 1 aromatic carbocycles. The van der Waals surface area contributed by atoms with Crippen molar-refractivity contribution in [3.8, 4) is 0 Å². The molecule has 0 saturated carbocycles. The molecule has 0 spiro atoms. The summed E-state index contributed by atoms with van der Waals surface area (Å²) in [5.74, 6) is 0. The Hall–Kier alpha value is -1.06. The van der Waals surface area contributed by atoms with Crippen molar-refractivity contribution in [1.82, 2.24) is 0 Å². The molecule has 0 radical (unpaired) electrons. The number of nitrogens with one attached hydrogen (secondary N) is 1. The van der Waals surface area contributed by atoms with E-state index in [-0.39, 0.29) is 6.61 Å². The molecule has 60 valence electrons. The van der Waals surface area contributed by atoms with Gasteiger partial charge in [-0.1, -0.05) is 12.1 Å². The first-order chi connectivity index (χ1) is 5.36. The molecule has 0 aliphatic heterocycles. The quantitative estimate of drug-likeness (QED) is 0.640. The molecule has 3 nitrogen and oxygen atoms in total. The first-order valence-corrected chi connectivity index (χ1v) is 3.35. The lowest BCUT2D eigenvalue weighted by atomic mass is 10.2. The zero-order valence-electron chi connectivity index (χ0n) is 6.37. The third-order valence-electron chi connectivity index (χ3n) is 1.33. The second-order valence-electron chi connectivity index (χ2n) is 2.16. The fourth-order valence-electron chi connectivity index (χ4n) is 0.851. The molecule has 1 rings (SSSR count). The van der Waals surface area contributed by atoms with Gasteiger partial charge >= 0.3 is 0 Å². The van der Waals surface area contributed by atoms with E-state index in [1.54, 1.807) is 7.11 Å². The molecule has 0 unspecified atom stereocenters.